The molecule has 0 aromatic heterocycles. The summed E-state index contributed by atoms with van der Waals surface area (Å²) in [5.41, 5.74) is 1.82. The molecule has 1 atom stereocenters. The van der Waals surface area contributed by atoms with Crippen LogP contribution in [0.1, 0.15) is 25.0 Å². The van der Waals surface area contributed by atoms with Crippen molar-refractivity contribution >= 4 is 39.1 Å². The molecule has 3 aromatic rings. The van der Waals surface area contributed by atoms with E-state index in [9.17, 15) is 18.0 Å². The monoisotopic (exact) mass is 557 g/mol. The molecule has 3 aromatic carbocycles. The van der Waals surface area contributed by atoms with Gasteiger partial charge >= 0.3 is 0 Å². The molecule has 38 heavy (non-hydrogen) atoms. The Labute approximate surface area is 229 Å². The number of hydrogen-bond acceptors (Lipinski definition) is 5. The molecule has 0 saturated heterocycles. The first kappa shape index (κ1) is 29.0. The average molecular weight is 558 g/mol. The second kappa shape index (κ2) is 12.8. The van der Waals surface area contributed by atoms with Crippen LogP contribution in [-0.4, -0.2) is 51.4 Å². The molecule has 0 aliphatic carbocycles. The number of carbonyl (C=O) groups is 2. The number of carbonyl (C=O) groups excluding carboxylic acids is 2. The summed E-state index contributed by atoms with van der Waals surface area (Å²) in [6.45, 7) is 5.12. The SMILES string of the molecule is CCNC(=O)C(C)N(Cc1ccccc1Cl)C(=O)CN(c1ccc(OC)cc1)S(=O)(=O)c1ccc(C)cc1. The Hall–Kier alpha value is -3.56. The molecule has 1 N–H and O–H groups in total. The van der Waals surface area contributed by atoms with Gasteiger partial charge in [-0.05, 0) is 68.8 Å². The minimum absolute atomic E-state index is 0.0256. The number of likely N-dealkylation sites (N-methyl/N-ethyl adjacent to an activating group) is 1. The van der Waals surface area contributed by atoms with Crippen molar-refractivity contribution in [3.63, 3.8) is 0 Å². The number of hydrogen-bond donors (Lipinski definition) is 1. The fourth-order valence-electron chi connectivity index (χ4n) is 3.83. The molecular formula is C28H32ClN3O5S. The van der Waals surface area contributed by atoms with Crippen LogP contribution in [0.5, 0.6) is 5.75 Å². The first-order valence-corrected chi connectivity index (χ1v) is 13.9. The van der Waals surface area contributed by atoms with Crippen molar-refractivity contribution in [3.05, 3.63) is 88.9 Å². The lowest BCUT2D eigenvalue weighted by Gasteiger charge is -2.32. The lowest BCUT2D eigenvalue weighted by atomic mass is 10.1. The number of nitrogens with one attached hydrogen (secondary N) is 1. The number of ether oxygens (including phenoxy) is 1. The number of methoxy groups -OCH3 is 1. The summed E-state index contributed by atoms with van der Waals surface area (Å²) in [5, 5.41) is 3.17. The summed E-state index contributed by atoms with van der Waals surface area (Å²) < 4.78 is 33.9. The smallest absolute Gasteiger partial charge is 0.264 e. The van der Waals surface area contributed by atoms with Gasteiger partial charge in [0.15, 0.2) is 0 Å². The molecule has 0 fully saturated rings. The molecule has 10 heteroatoms. The third-order valence-corrected chi connectivity index (χ3v) is 8.22. The fourth-order valence-corrected chi connectivity index (χ4v) is 5.44. The molecule has 2 amide bonds. The number of anilines is 1. The van der Waals surface area contributed by atoms with Gasteiger partial charge in [-0.2, -0.15) is 0 Å². The Balaban J connectivity index is 2.04. The number of halogens is 1. The highest BCUT2D eigenvalue weighted by molar-refractivity contribution is 7.92. The predicted octanol–water partition coefficient (Wildman–Crippen LogP) is 4.41. The van der Waals surface area contributed by atoms with Crippen molar-refractivity contribution in [1.29, 1.82) is 0 Å². The van der Waals surface area contributed by atoms with Gasteiger partial charge in [-0.3, -0.25) is 13.9 Å². The third kappa shape index (κ3) is 6.85. The van der Waals surface area contributed by atoms with E-state index in [2.05, 4.69) is 5.32 Å². The zero-order chi connectivity index (χ0) is 27.9. The van der Waals surface area contributed by atoms with E-state index in [-0.39, 0.29) is 23.0 Å². The Morgan fingerprint density at radius 2 is 1.63 bits per heavy atom. The number of amides is 2. The van der Waals surface area contributed by atoms with Crippen molar-refractivity contribution in [2.75, 3.05) is 24.5 Å². The van der Waals surface area contributed by atoms with Gasteiger partial charge in [0, 0.05) is 18.1 Å². The topological polar surface area (TPSA) is 96.0 Å². The maximum atomic E-state index is 13.8. The van der Waals surface area contributed by atoms with Crippen LogP contribution < -0.4 is 14.4 Å². The van der Waals surface area contributed by atoms with Gasteiger partial charge in [0.2, 0.25) is 11.8 Å². The van der Waals surface area contributed by atoms with E-state index in [1.807, 2.05) is 6.92 Å². The molecule has 0 heterocycles. The van der Waals surface area contributed by atoms with Crippen LogP contribution in [0.3, 0.4) is 0 Å². The molecule has 0 radical (unpaired) electrons. The maximum Gasteiger partial charge on any atom is 0.264 e. The van der Waals surface area contributed by atoms with Crippen LogP contribution in [0.4, 0.5) is 5.69 Å². The normalized spacial score (nSPS) is 11.9. The summed E-state index contributed by atoms with van der Waals surface area (Å²) in [4.78, 5) is 28.0. The van der Waals surface area contributed by atoms with E-state index in [4.69, 9.17) is 16.3 Å². The van der Waals surface area contributed by atoms with Crippen molar-refractivity contribution in [2.24, 2.45) is 0 Å². The second-order valence-corrected chi connectivity index (χ2v) is 11.0. The van der Waals surface area contributed by atoms with E-state index in [1.54, 1.807) is 74.5 Å². The highest BCUT2D eigenvalue weighted by Gasteiger charge is 2.32. The van der Waals surface area contributed by atoms with E-state index >= 15 is 0 Å². The summed E-state index contributed by atoms with van der Waals surface area (Å²) >= 11 is 6.36. The molecular weight excluding hydrogens is 526 g/mol. The number of sulfonamides is 1. The molecule has 8 nitrogen and oxygen atoms in total. The van der Waals surface area contributed by atoms with E-state index in [0.717, 1.165) is 9.87 Å². The first-order chi connectivity index (χ1) is 18.1. The summed E-state index contributed by atoms with van der Waals surface area (Å²) in [6, 6.07) is 18.9. The number of benzene rings is 3. The molecule has 0 aliphatic rings. The minimum Gasteiger partial charge on any atom is -0.497 e. The van der Waals surface area contributed by atoms with Gasteiger partial charge in [-0.25, -0.2) is 8.42 Å². The Kier molecular flexibility index (Phi) is 9.77. The van der Waals surface area contributed by atoms with Gasteiger partial charge in [-0.15, -0.1) is 0 Å². The van der Waals surface area contributed by atoms with Gasteiger partial charge in [0.25, 0.3) is 10.0 Å². The Bertz CT molecular complexity index is 1360. The largest absolute Gasteiger partial charge is 0.497 e. The third-order valence-electron chi connectivity index (χ3n) is 6.07. The van der Waals surface area contributed by atoms with Gasteiger partial charge < -0.3 is 15.0 Å². The van der Waals surface area contributed by atoms with Gasteiger partial charge in [0.1, 0.15) is 18.3 Å². The van der Waals surface area contributed by atoms with E-state index in [1.165, 1.54) is 24.1 Å². The van der Waals surface area contributed by atoms with Crippen LogP contribution in [-0.2, 0) is 26.2 Å². The molecule has 3 rings (SSSR count). The van der Waals surface area contributed by atoms with Crippen LogP contribution >= 0.6 is 11.6 Å². The zero-order valence-electron chi connectivity index (χ0n) is 21.8. The minimum atomic E-state index is -4.14. The molecule has 202 valence electrons. The van der Waals surface area contributed by atoms with Crippen molar-refractivity contribution in [2.45, 2.75) is 38.3 Å². The summed E-state index contributed by atoms with van der Waals surface area (Å²) in [6.07, 6.45) is 0. The van der Waals surface area contributed by atoms with Crippen LogP contribution in [0.15, 0.2) is 77.7 Å². The molecule has 0 bridgehead atoms. The first-order valence-electron chi connectivity index (χ1n) is 12.1. The maximum absolute atomic E-state index is 13.8. The van der Waals surface area contributed by atoms with Crippen molar-refractivity contribution in [1.82, 2.24) is 10.2 Å². The molecule has 0 saturated carbocycles. The lowest BCUT2D eigenvalue weighted by molar-refractivity contribution is -0.139. The second-order valence-electron chi connectivity index (χ2n) is 8.71. The quantitative estimate of drug-likeness (QED) is 0.377. The van der Waals surface area contributed by atoms with Gasteiger partial charge in [0.05, 0.1) is 17.7 Å². The number of aryl methyl sites for hydroxylation is 1. The van der Waals surface area contributed by atoms with Crippen LogP contribution in [0, 0.1) is 6.92 Å². The summed E-state index contributed by atoms with van der Waals surface area (Å²) in [7, 11) is -2.63. The standard InChI is InChI=1S/C28H32ClN3O5S/c1-5-30-28(34)21(3)31(18-22-8-6-7-9-26(22)29)27(33)19-32(23-12-14-24(37-4)15-13-23)38(35,36)25-16-10-20(2)11-17-25/h6-17,21H,5,18-19H2,1-4H3,(H,30,34). The summed E-state index contributed by atoms with van der Waals surface area (Å²) in [5.74, 6) is -0.376. The molecule has 0 aliphatic heterocycles. The lowest BCUT2D eigenvalue weighted by Crippen LogP contribution is -2.51. The highest BCUT2D eigenvalue weighted by Crippen LogP contribution is 2.27. The zero-order valence-corrected chi connectivity index (χ0v) is 23.4. The highest BCUT2D eigenvalue weighted by atomic mass is 35.5. The van der Waals surface area contributed by atoms with Crippen molar-refractivity contribution in [3.8, 4) is 5.75 Å². The number of nitrogens with zero attached hydrogens (tertiary/aromatic N) is 2. The van der Waals surface area contributed by atoms with Crippen LogP contribution in [0.2, 0.25) is 5.02 Å². The number of rotatable bonds is 11. The predicted molar refractivity (Wildman–Crippen MR) is 149 cm³/mol. The van der Waals surface area contributed by atoms with E-state index in [0.29, 0.717) is 22.9 Å². The Morgan fingerprint density at radius 3 is 2.21 bits per heavy atom. The van der Waals surface area contributed by atoms with Crippen LogP contribution in [0.25, 0.3) is 0 Å². The molecule has 1 unspecified atom stereocenters. The average Bonchev–Trinajstić information content (AvgIpc) is 2.91. The Morgan fingerprint density at radius 1 is 1.00 bits per heavy atom. The fraction of sp³-hybridized carbons (Fsp3) is 0.286. The molecule has 0 spiro atoms. The van der Waals surface area contributed by atoms with Gasteiger partial charge in [-0.1, -0.05) is 47.5 Å². The van der Waals surface area contributed by atoms with Crippen molar-refractivity contribution < 1.29 is 22.7 Å². The van der Waals surface area contributed by atoms with E-state index < -0.39 is 28.5 Å².